The fourth-order valence-corrected chi connectivity index (χ4v) is 5.73. The molecule has 0 atom stereocenters. The van der Waals surface area contributed by atoms with Crippen LogP contribution in [-0.4, -0.2) is 43.1 Å². The second-order valence-corrected chi connectivity index (χ2v) is 10.1. The fourth-order valence-electron chi connectivity index (χ4n) is 3.26. The monoisotopic (exact) mass is 487 g/mol. The van der Waals surface area contributed by atoms with E-state index in [0.717, 1.165) is 16.9 Å². The molecule has 174 valence electrons. The van der Waals surface area contributed by atoms with Crippen LogP contribution in [0.2, 0.25) is 0 Å². The molecule has 0 aliphatic rings. The average Bonchev–Trinajstić information content (AvgIpc) is 3.17. The Hall–Kier alpha value is -3.08. The number of hydrogen-bond donors (Lipinski definition) is 1. The number of carbonyl (C=O) groups is 2. The van der Waals surface area contributed by atoms with Gasteiger partial charge in [-0.1, -0.05) is 48.6 Å². The molecule has 0 spiro atoms. The van der Waals surface area contributed by atoms with Crippen LogP contribution in [-0.2, 0) is 16.6 Å². The zero-order valence-corrected chi connectivity index (χ0v) is 20.4. The normalized spacial score (nSPS) is 11.4. The first-order valence-electron chi connectivity index (χ1n) is 10.2. The summed E-state index contributed by atoms with van der Waals surface area (Å²) in [5.41, 5.74) is 1.50. The highest BCUT2D eigenvalue weighted by Gasteiger charge is 2.28. The fraction of sp³-hybridized carbons (Fsp3) is 0.261. The van der Waals surface area contributed by atoms with Crippen molar-refractivity contribution in [3.05, 3.63) is 70.2 Å². The summed E-state index contributed by atoms with van der Waals surface area (Å²) in [6.07, 6.45) is 0. The van der Waals surface area contributed by atoms with Crippen LogP contribution in [0, 0.1) is 6.92 Å². The van der Waals surface area contributed by atoms with Crippen molar-refractivity contribution >= 4 is 38.2 Å². The van der Waals surface area contributed by atoms with Gasteiger partial charge in [0.1, 0.15) is 10.6 Å². The molecule has 0 radical (unpaired) electrons. The molecule has 33 heavy (non-hydrogen) atoms. The van der Waals surface area contributed by atoms with Gasteiger partial charge in [0, 0.05) is 25.6 Å². The van der Waals surface area contributed by atoms with Crippen molar-refractivity contribution < 1.29 is 22.7 Å². The SMILES string of the molecule is CCN(Cc1ccccc1)S(=O)(=O)c1cc(C(=O)Nc2nc(C)c(C(C)=O)s2)ccc1OC. The van der Waals surface area contributed by atoms with E-state index >= 15 is 0 Å². The molecule has 0 unspecified atom stereocenters. The first-order chi connectivity index (χ1) is 15.7. The molecule has 0 bridgehead atoms. The number of ketones is 1. The van der Waals surface area contributed by atoms with Crippen LogP contribution in [0.5, 0.6) is 5.75 Å². The van der Waals surface area contributed by atoms with Crippen molar-refractivity contribution in [1.82, 2.24) is 9.29 Å². The van der Waals surface area contributed by atoms with Crippen molar-refractivity contribution in [2.24, 2.45) is 0 Å². The predicted octanol–water partition coefficient (Wildman–Crippen LogP) is 4.13. The smallest absolute Gasteiger partial charge is 0.257 e. The Labute approximate surface area is 197 Å². The number of hydrogen-bond acceptors (Lipinski definition) is 7. The van der Waals surface area contributed by atoms with Gasteiger partial charge in [-0.3, -0.25) is 14.9 Å². The van der Waals surface area contributed by atoms with E-state index in [-0.39, 0.29) is 40.2 Å². The largest absolute Gasteiger partial charge is 0.495 e. The molecule has 0 aliphatic heterocycles. The van der Waals surface area contributed by atoms with Crippen molar-refractivity contribution in [1.29, 1.82) is 0 Å². The summed E-state index contributed by atoms with van der Waals surface area (Å²) >= 11 is 1.07. The van der Waals surface area contributed by atoms with Gasteiger partial charge in [-0.25, -0.2) is 13.4 Å². The van der Waals surface area contributed by atoms with Crippen molar-refractivity contribution in [2.75, 3.05) is 19.0 Å². The summed E-state index contributed by atoms with van der Waals surface area (Å²) in [6, 6.07) is 13.5. The number of ether oxygens (including phenoxy) is 1. The third kappa shape index (κ3) is 5.47. The predicted molar refractivity (Wildman–Crippen MR) is 128 cm³/mol. The lowest BCUT2D eigenvalue weighted by atomic mass is 10.2. The summed E-state index contributed by atoms with van der Waals surface area (Å²) < 4.78 is 33.6. The lowest BCUT2D eigenvalue weighted by Crippen LogP contribution is -2.31. The maximum absolute atomic E-state index is 13.5. The number of amides is 1. The number of Topliss-reactive ketones (excluding diaryl/α,β-unsaturated/α-hetero) is 1. The molecule has 0 fully saturated rings. The third-order valence-corrected chi connectivity index (χ3v) is 8.05. The van der Waals surface area contributed by atoms with Gasteiger partial charge in [-0.2, -0.15) is 4.31 Å². The number of aryl methyl sites for hydroxylation is 1. The van der Waals surface area contributed by atoms with Crippen LogP contribution in [0.4, 0.5) is 5.13 Å². The van der Waals surface area contributed by atoms with Gasteiger partial charge in [0.2, 0.25) is 10.0 Å². The minimum Gasteiger partial charge on any atom is -0.495 e. The molecule has 2 aromatic carbocycles. The topological polar surface area (TPSA) is 106 Å². The van der Waals surface area contributed by atoms with E-state index in [1.165, 1.54) is 36.5 Å². The van der Waals surface area contributed by atoms with Crippen LogP contribution in [0.15, 0.2) is 53.4 Å². The van der Waals surface area contributed by atoms with Crippen LogP contribution >= 0.6 is 11.3 Å². The second-order valence-electron chi connectivity index (χ2n) is 7.23. The zero-order valence-electron chi connectivity index (χ0n) is 18.8. The second kappa shape index (κ2) is 10.2. The molecule has 3 rings (SSSR count). The number of benzene rings is 2. The summed E-state index contributed by atoms with van der Waals surface area (Å²) in [5, 5.41) is 2.91. The van der Waals surface area contributed by atoms with Crippen molar-refractivity contribution in [2.45, 2.75) is 32.2 Å². The van der Waals surface area contributed by atoms with Gasteiger partial charge < -0.3 is 4.74 Å². The van der Waals surface area contributed by atoms with Crippen molar-refractivity contribution in [3.8, 4) is 5.75 Å². The van der Waals surface area contributed by atoms with Crippen LogP contribution in [0.25, 0.3) is 0 Å². The lowest BCUT2D eigenvalue weighted by molar-refractivity contribution is 0.101. The first kappa shape index (κ1) is 24.6. The van der Waals surface area contributed by atoms with Gasteiger partial charge in [0.05, 0.1) is 17.7 Å². The molecule has 0 aliphatic carbocycles. The molecular weight excluding hydrogens is 462 g/mol. The molecule has 0 saturated heterocycles. The summed E-state index contributed by atoms with van der Waals surface area (Å²) in [4.78, 5) is 29.1. The number of thiazole rings is 1. The molecule has 8 nitrogen and oxygen atoms in total. The minimum atomic E-state index is -3.96. The summed E-state index contributed by atoms with van der Waals surface area (Å²) in [7, 11) is -2.59. The number of nitrogens with one attached hydrogen (secondary N) is 1. The highest BCUT2D eigenvalue weighted by atomic mass is 32.2. The Morgan fingerprint density at radius 3 is 2.42 bits per heavy atom. The number of sulfonamides is 1. The Balaban J connectivity index is 1.93. The number of rotatable bonds is 9. The molecule has 3 aromatic rings. The van der Waals surface area contributed by atoms with Gasteiger partial charge in [-0.15, -0.1) is 0 Å². The third-order valence-electron chi connectivity index (χ3n) is 4.93. The van der Waals surface area contributed by atoms with Crippen LogP contribution < -0.4 is 10.1 Å². The van der Waals surface area contributed by atoms with Crippen LogP contribution in [0.1, 0.15) is 45.1 Å². The van der Waals surface area contributed by atoms with Gasteiger partial charge in [-0.05, 0) is 30.7 Å². The molecule has 10 heteroatoms. The first-order valence-corrected chi connectivity index (χ1v) is 12.4. The number of nitrogens with zero attached hydrogens (tertiary/aromatic N) is 2. The number of anilines is 1. The van der Waals surface area contributed by atoms with E-state index in [4.69, 9.17) is 4.74 Å². The maximum atomic E-state index is 13.5. The van der Waals surface area contributed by atoms with E-state index in [0.29, 0.717) is 10.6 Å². The minimum absolute atomic E-state index is 0.102. The highest BCUT2D eigenvalue weighted by Crippen LogP contribution is 2.30. The van der Waals surface area contributed by atoms with Gasteiger partial charge in [0.25, 0.3) is 5.91 Å². The maximum Gasteiger partial charge on any atom is 0.257 e. The lowest BCUT2D eigenvalue weighted by Gasteiger charge is -2.22. The van der Waals surface area contributed by atoms with Crippen LogP contribution in [0.3, 0.4) is 0 Å². The Morgan fingerprint density at radius 2 is 1.85 bits per heavy atom. The number of carbonyl (C=O) groups excluding carboxylic acids is 2. The standard InChI is InChI=1S/C23H25N3O5S2/c1-5-26(14-17-9-7-6-8-10-17)33(29,30)20-13-18(11-12-19(20)31-4)22(28)25-23-24-15(2)21(32-23)16(3)27/h6-13H,5,14H2,1-4H3,(H,24,25,28). The molecule has 0 saturated carbocycles. The number of methoxy groups -OCH3 is 1. The van der Waals surface area contributed by atoms with Gasteiger partial charge >= 0.3 is 0 Å². The summed E-state index contributed by atoms with van der Waals surface area (Å²) in [6.45, 7) is 5.30. The summed E-state index contributed by atoms with van der Waals surface area (Å²) in [5.74, 6) is -0.535. The van der Waals surface area contributed by atoms with E-state index in [2.05, 4.69) is 10.3 Å². The highest BCUT2D eigenvalue weighted by molar-refractivity contribution is 7.89. The molecule has 1 heterocycles. The molecule has 1 aromatic heterocycles. The average molecular weight is 488 g/mol. The molecule has 1 N–H and O–H groups in total. The molecular formula is C23H25N3O5S2. The van der Waals surface area contributed by atoms with E-state index < -0.39 is 15.9 Å². The number of aromatic nitrogens is 1. The van der Waals surface area contributed by atoms with E-state index in [1.54, 1.807) is 13.8 Å². The van der Waals surface area contributed by atoms with E-state index in [9.17, 15) is 18.0 Å². The quantitative estimate of drug-likeness (QED) is 0.455. The Kier molecular flexibility index (Phi) is 7.62. The van der Waals surface area contributed by atoms with Crippen molar-refractivity contribution in [3.63, 3.8) is 0 Å². The Morgan fingerprint density at radius 1 is 1.15 bits per heavy atom. The Bertz CT molecular complexity index is 1270. The molecule has 1 amide bonds. The zero-order chi connectivity index (χ0) is 24.2. The van der Waals surface area contributed by atoms with Gasteiger partial charge in [0.15, 0.2) is 10.9 Å². The van der Waals surface area contributed by atoms with E-state index in [1.807, 2.05) is 30.3 Å².